The largest absolute Gasteiger partial charge is 0.355 e. The summed E-state index contributed by atoms with van der Waals surface area (Å²) < 4.78 is 1.91. The SMILES string of the molecule is CCCNC(=O)CN1CCN(C(=O)NC2CCCc3c2cnn3C)CC1. The van der Waals surface area contributed by atoms with Crippen LogP contribution in [0.15, 0.2) is 6.20 Å². The summed E-state index contributed by atoms with van der Waals surface area (Å²) in [7, 11) is 1.96. The van der Waals surface area contributed by atoms with Crippen molar-refractivity contribution in [2.24, 2.45) is 7.05 Å². The maximum atomic E-state index is 12.6. The van der Waals surface area contributed by atoms with E-state index in [2.05, 4.69) is 20.6 Å². The summed E-state index contributed by atoms with van der Waals surface area (Å²) >= 11 is 0. The van der Waals surface area contributed by atoms with E-state index in [-0.39, 0.29) is 18.0 Å². The van der Waals surface area contributed by atoms with E-state index in [4.69, 9.17) is 0 Å². The molecule has 1 aromatic heterocycles. The van der Waals surface area contributed by atoms with Crippen molar-refractivity contribution in [3.63, 3.8) is 0 Å². The van der Waals surface area contributed by atoms with Gasteiger partial charge in [-0.1, -0.05) is 6.92 Å². The molecule has 26 heavy (non-hydrogen) atoms. The molecule has 8 nitrogen and oxygen atoms in total. The lowest BCUT2D eigenvalue weighted by molar-refractivity contribution is -0.122. The van der Waals surface area contributed by atoms with Crippen molar-refractivity contribution in [1.82, 2.24) is 30.2 Å². The quantitative estimate of drug-likeness (QED) is 0.806. The van der Waals surface area contributed by atoms with Crippen molar-refractivity contribution in [3.8, 4) is 0 Å². The van der Waals surface area contributed by atoms with Crippen molar-refractivity contribution < 1.29 is 9.59 Å². The molecule has 144 valence electrons. The number of aryl methyl sites for hydroxylation is 1. The molecule has 1 aliphatic carbocycles. The molecular formula is C18H30N6O2. The molecule has 3 amide bonds. The predicted molar refractivity (Wildman–Crippen MR) is 98.7 cm³/mol. The number of rotatable bonds is 5. The van der Waals surface area contributed by atoms with Gasteiger partial charge in [-0.2, -0.15) is 5.10 Å². The first-order valence-corrected chi connectivity index (χ1v) is 9.63. The third-order valence-electron chi connectivity index (χ3n) is 5.27. The monoisotopic (exact) mass is 362 g/mol. The van der Waals surface area contributed by atoms with E-state index in [0.717, 1.165) is 50.9 Å². The molecule has 0 spiro atoms. The standard InChI is InChI=1S/C18H30N6O2/c1-3-7-19-17(25)13-23-8-10-24(11-9-23)18(26)21-15-5-4-6-16-14(15)12-20-22(16)2/h12,15H,3-11,13H2,1-2H3,(H,19,25)(H,21,26). The van der Waals surface area contributed by atoms with Crippen LogP contribution in [0, 0.1) is 0 Å². The van der Waals surface area contributed by atoms with Gasteiger partial charge < -0.3 is 15.5 Å². The second-order valence-electron chi connectivity index (χ2n) is 7.18. The molecule has 1 aromatic rings. The number of carbonyl (C=O) groups excluding carboxylic acids is 2. The van der Waals surface area contributed by atoms with Crippen LogP contribution in [0.25, 0.3) is 0 Å². The molecule has 2 N–H and O–H groups in total. The topological polar surface area (TPSA) is 82.5 Å². The fraction of sp³-hybridized carbons (Fsp3) is 0.722. The number of nitrogens with zero attached hydrogens (tertiary/aromatic N) is 4. The minimum atomic E-state index is -0.0122. The Labute approximate surface area is 154 Å². The van der Waals surface area contributed by atoms with Gasteiger partial charge in [-0.25, -0.2) is 4.79 Å². The third-order valence-corrected chi connectivity index (χ3v) is 5.27. The third kappa shape index (κ3) is 4.35. The van der Waals surface area contributed by atoms with Crippen molar-refractivity contribution in [2.45, 2.75) is 38.6 Å². The minimum Gasteiger partial charge on any atom is -0.355 e. The zero-order valence-electron chi connectivity index (χ0n) is 15.8. The zero-order valence-corrected chi connectivity index (χ0v) is 15.8. The Morgan fingerprint density at radius 3 is 2.77 bits per heavy atom. The van der Waals surface area contributed by atoms with Crippen molar-refractivity contribution in [3.05, 3.63) is 17.5 Å². The molecule has 8 heteroatoms. The van der Waals surface area contributed by atoms with E-state index in [9.17, 15) is 9.59 Å². The Hall–Kier alpha value is -2.09. The molecule has 0 saturated carbocycles. The van der Waals surface area contributed by atoms with Crippen LogP contribution in [0.3, 0.4) is 0 Å². The van der Waals surface area contributed by atoms with Crippen LogP contribution < -0.4 is 10.6 Å². The summed E-state index contributed by atoms with van der Waals surface area (Å²) in [4.78, 5) is 28.4. The molecule has 1 aliphatic heterocycles. The van der Waals surface area contributed by atoms with Crippen molar-refractivity contribution in [2.75, 3.05) is 39.3 Å². The summed E-state index contributed by atoms with van der Waals surface area (Å²) in [6.07, 6.45) is 5.88. The summed E-state index contributed by atoms with van der Waals surface area (Å²) in [6.45, 7) is 5.94. The molecule has 0 radical (unpaired) electrons. The first kappa shape index (κ1) is 18.7. The highest BCUT2D eigenvalue weighted by Crippen LogP contribution is 2.29. The van der Waals surface area contributed by atoms with Crippen LogP contribution in [0.5, 0.6) is 0 Å². The molecule has 0 aromatic carbocycles. The van der Waals surface area contributed by atoms with Gasteiger partial charge in [0.05, 0.1) is 18.8 Å². The Morgan fingerprint density at radius 2 is 2.04 bits per heavy atom. The van der Waals surface area contributed by atoms with Gasteiger partial charge in [0.25, 0.3) is 0 Å². The van der Waals surface area contributed by atoms with Gasteiger partial charge in [0.2, 0.25) is 5.91 Å². The van der Waals surface area contributed by atoms with Gasteiger partial charge in [-0.3, -0.25) is 14.4 Å². The highest BCUT2D eigenvalue weighted by Gasteiger charge is 2.28. The van der Waals surface area contributed by atoms with Gasteiger partial charge in [0, 0.05) is 51.0 Å². The fourth-order valence-electron chi connectivity index (χ4n) is 3.73. The lowest BCUT2D eigenvalue weighted by atomic mass is 9.93. The average molecular weight is 362 g/mol. The Morgan fingerprint density at radius 1 is 1.27 bits per heavy atom. The summed E-state index contributed by atoms with van der Waals surface area (Å²) in [5.41, 5.74) is 2.38. The van der Waals surface area contributed by atoms with Crippen LogP contribution >= 0.6 is 0 Å². The van der Waals surface area contributed by atoms with Gasteiger partial charge >= 0.3 is 6.03 Å². The van der Waals surface area contributed by atoms with Crippen LogP contribution in [-0.2, 0) is 18.3 Å². The van der Waals surface area contributed by atoms with E-state index in [1.165, 1.54) is 5.69 Å². The number of aromatic nitrogens is 2. The number of fused-ring (bicyclic) bond motifs is 1. The van der Waals surface area contributed by atoms with Gasteiger partial charge in [0.1, 0.15) is 0 Å². The number of hydrogen-bond donors (Lipinski definition) is 2. The second kappa shape index (κ2) is 8.53. The normalized spacial score (nSPS) is 20.5. The molecule has 2 aliphatic rings. The van der Waals surface area contributed by atoms with Gasteiger partial charge in [-0.05, 0) is 25.7 Å². The second-order valence-corrected chi connectivity index (χ2v) is 7.18. The molecule has 1 saturated heterocycles. The van der Waals surface area contributed by atoms with Crippen LogP contribution in [-0.4, -0.2) is 70.8 Å². The zero-order chi connectivity index (χ0) is 18.5. The number of urea groups is 1. The number of carbonyl (C=O) groups is 2. The minimum absolute atomic E-state index is 0.0122. The lowest BCUT2D eigenvalue weighted by Gasteiger charge is -2.35. The van der Waals surface area contributed by atoms with Crippen LogP contribution in [0.4, 0.5) is 4.79 Å². The molecule has 0 bridgehead atoms. The van der Waals surface area contributed by atoms with E-state index >= 15 is 0 Å². The Balaban J connectivity index is 1.46. The number of hydrogen-bond acceptors (Lipinski definition) is 4. The number of amides is 3. The molecule has 1 atom stereocenters. The predicted octanol–water partition coefficient (Wildman–Crippen LogP) is 0.651. The number of nitrogens with one attached hydrogen (secondary N) is 2. The molecule has 1 fully saturated rings. The maximum absolute atomic E-state index is 12.6. The Bertz CT molecular complexity index is 636. The fourth-order valence-corrected chi connectivity index (χ4v) is 3.73. The summed E-state index contributed by atoms with van der Waals surface area (Å²) in [6, 6.07) is 0.0413. The van der Waals surface area contributed by atoms with Gasteiger partial charge in [-0.15, -0.1) is 0 Å². The highest BCUT2D eigenvalue weighted by atomic mass is 16.2. The molecular weight excluding hydrogens is 332 g/mol. The smallest absolute Gasteiger partial charge is 0.317 e. The van der Waals surface area contributed by atoms with Crippen molar-refractivity contribution >= 4 is 11.9 Å². The summed E-state index contributed by atoms with van der Waals surface area (Å²) in [5.74, 6) is 0.0658. The van der Waals surface area contributed by atoms with E-state index < -0.39 is 0 Å². The maximum Gasteiger partial charge on any atom is 0.317 e. The average Bonchev–Trinajstić information content (AvgIpc) is 3.03. The van der Waals surface area contributed by atoms with E-state index in [1.807, 2.05) is 29.7 Å². The molecule has 3 rings (SSSR count). The molecule has 2 heterocycles. The van der Waals surface area contributed by atoms with Crippen LogP contribution in [0.1, 0.15) is 43.5 Å². The lowest BCUT2D eigenvalue weighted by Crippen LogP contribution is -2.54. The first-order valence-electron chi connectivity index (χ1n) is 9.63. The highest BCUT2D eigenvalue weighted by molar-refractivity contribution is 5.78. The van der Waals surface area contributed by atoms with E-state index in [1.54, 1.807) is 0 Å². The Kier molecular flexibility index (Phi) is 6.13. The first-order chi connectivity index (χ1) is 12.6. The summed E-state index contributed by atoms with van der Waals surface area (Å²) in [5, 5.41) is 10.4. The van der Waals surface area contributed by atoms with Gasteiger partial charge in [0.15, 0.2) is 0 Å². The van der Waals surface area contributed by atoms with Crippen molar-refractivity contribution in [1.29, 1.82) is 0 Å². The number of piperazine rings is 1. The van der Waals surface area contributed by atoms with Crippen LogP contribution in [0.2, 0.25) is 0 Å². The van der Waals surface area contributed by atoms with E-state index in [0.29, 0.717) is 19.6 Å². The molecule has 1 unspecified atom stereocenters.